The number of nitrogens with one attached hydrogen (secondary N) is 2. The summed E-state index contributed by atoms with van der Waals surface area (Å²) < 4.78 is 31.5. The molecular formula is C12H16F2N2O2. The number of rotatable bonds is 6. The maximum Gasteiger partial charge on any atom is 0.340 e. The summed E-state index contributed by atoms with van der Waals surface area (Å²) in [4.78, 5) is 11.1. The van der Waals surface area contributed by atoms with E-state index in [0.717, 1.165) is 13.7 Å². The van der Waals surface area contributed by atoms with Gasteiger partial charge in [-0.15, -0.1) is 0 Å². The van der Waals surface area contributed by atoms with Crippen LogP contribution in [0.1, 0.15) is 17.3 Å². The number of carbonyl (C=O) groups excluding carboxylic acids is 1. The van der Waals surface area contributed by atoms with E-state index in [2.05, 4.69) is 15.4 Å². The predicted molar refractivity (Wildman–Crippen MR) is 64.7 cm³/mol. The average Bonchev–Trinajstić information content (AvgIpc) is 2.38. The highest BCUT2D eigenvalue weighted by Gasteiger charge is 2.18. The Morgan fingerprint density at radius 1 is 1.28 bits per heavy atom. The minimum atomic E-state index is -1.20. The van der Waals surface area contributed by atoms with E-state index in [0.29, 0.717) is 13.1 Å². The van der Waals surface area contributed by atoms with Crippen LogP contribution in [0.15, 0.2) is 12.1 Å². The third-order valence-electron chi connectivity index (χ3n) is 2.35. The van der Waals surface area contributed by atoms with Gasteiger partial charge in [0.05, 0.1) is 18.4 Å². The highest BCUT2D eigenvalue weighted by Crippen LogP contribution is 2.20. The van der Waals surface area contributed by atoms with E-state index in [1.54, 1.807) is 0 Å². The standard InChI is InChI=1S/C12H16F2N2O2/c1-3-15-6-7-16-9-5-4-8(12(17)18-2)10(13)11(9)14/h4-5,15-16H,3,6-7H2,1-2H3. The van der Waals surface area contributed by atoms with Gasteiger partial charge in [0.25, 0.3) is 0 Å². The lowest BCUT2D eigenvalue weighted by atomic mass is 10.2. The summed E-state index contributed by atoms with van der Waals surface area (Å²) in [6.45, 7) is 3.85. The van der Waals surface area contributed by atoms with Crippen LogP contribution in [-0.4, -0.2) is 32.7 Å². The zero-order valence-electron chi connectivity index (χ0n) is 10.3. The molecule has 100 valence electrons. The van der Waals surface area contributed by atoms with Gasteiger partial charge in [0, 0.05) is 13.1 Å². The summed E-state index contributed by atoms with van der Waals surface area (Å²) >= 11 is 0. The summed E-state index contributed by atoms with van der Waals surface area (Å²) in [7, 11) is 1.11. The van der Waals surface area contributed by atoms with Crippen LogP contribution in [0.2, 0.25) is 0 Å². The zero-order valence-corrected chi connectivity index (χ0v) is 10.3. The van der Waals surface area contributed by atoms with Crippen LogP contribution in [0.3, 0.4) is 0 Å². The minimum absolute atomic E-state index is 0.0260. The number of hydrogen-bond acceptors (Lipinski definition) is 4. The largest absolute Gasteiger partial charge is 0.465 e. The first-order valence-corrected chi connectivity index (χ1v) is 5.62. The lowest BCUT2D eigenvalue weighted by Gasteiger charge is -2.10. The Hall–Kier alpha value is -1.69. The van der Waals surface area contributed by atoms with Crippen LogP contribution in [0.25, 0.3) is 0 Å². The number of halogens is 2. The van der Waals surface area contributed by atoms with E-state index in [4.69, 9.17) is 0 Å². The van der Waals surface area contributed by atoms with Gasteiger partial charge in [-0.25, -0.2) is 13.6 Å². The van der Waals surface area contributed by atoms with Crippen LogP contribution < -0.4 is 10.6 Å². The summed E-state index contributed by atoms with van der Waals surface area (Å²) in [6, 6.07) is 2.51. The van der Waals surface area contributed by atoms with E-state index < -0.39 is 23.2 Å². The molecule has 0 bridgehead atoms. The highest BCUT2D eigenvalue weighted by molar-refractivity contribution is 5.90. The van der Waals surface area contributed by atoms with Gasteiger partial charge in [-0.2, -0.15) is 0 Å². The molecule has 0 fully saturated rings. The van der Waals surface area contributed by atoms with E-state index in [-0.39, 0.29) is 5.69 Å². The fourth-order valence-corrected chi connectivity index (χ4v) is 1.42. The van der Waals surface area contributed by atoms with E-state index in [1.807, 2.05) is 6.92 Å². The van der Waals surface area contributed by atoms with Gasteiger partial charge >= 0.3 is 5.97 Å². The van der Waals surface area contributed by atoms with Crippen molar-refractivity contribution in [2.24, 2.45) is 0 Å². The maximum absolute atomic E-state index is 13.6. The Bertz CT molecular complexity index is 425. The quantitative estimate of drug-likeness (QED) is 0.603. The second-order valence-corrected chi connectivity index (χ2v) is 3.56. The number of hydrogen-bond donors (Lipinski definition) is 2. The van der Waals surface area contributed by atoms with E-state index in [9.17, 15) is 13.6 Å². The summed E-state index contributed by atoms with van der Waals surface area (Å²) in [5.41, 5.74) is -0.384. The summed E-state index contributed by atoms with van der Waals surface area (Å²) in [6.07, 6.45) is 0. The molecule has 1 rings (SSSR count). The van der Waals surface area contributed by atoms with Gasteiger partial charge in [-0.3, -0.25) is 0 Å². The fraction of sp³-hybridized carbons (Fsp3) is 0.417. The van der Waals surface area contributed by atoms with Gasteiger partial charge in [-0.05, 0) is 18.7 Å². The molecule has 0 heterocycles. The second-order valence-electron chi connectivity index (χ2n) is 3.56. The van der Waals surface area contributed by atoms with Crippen molar-refractivity contribution < 1.29 is 18.3 Å². The molecule has 0 unspecified atom stereocenters. The van der Waals surface area contributed by atoms with Crippen molar-refractivity contribution in [3.63, 3.8) is 0 Å². The van der Waals surface area contributed by atoms with Crippen molar-refractivity contribution in [3.8, 4) is 0 Å². The van der Waals surface area contributed by atoms with Gasteiger partial charge in [0.2, 0.25) is 0 Å². The maximum atomic E-state index is 13.6. The predicted octanol–water partition coefficient (Wildman–Crippen LogP) is 1.77. The zero-order chi connectivity index (χ0) is 13.5. The monoisotopic (exact) mass is 258 g/mol. The van der Waals surface area contributed by atoms with E-state index in [1.165, 1.54) is 12.1 Å². The summed E-state index contributed by atoms with van der Waals surface area (Å²) in [5, 5.41) is 5.78. The number of anilines is 1. The molecule has 0 amide bonds. The van der Waals surface area contributed by atoms with Crippen LogP contribution in [-0.2, 0) is 4.74 Å². The van der Waals surface area contributed by atoms with Crippen LogP contribution in [0, 0.1) is 11.6 Å². The Morgan fingerprint density at radius 2 is 2.00 bits per heavy atom. The third kappa shape index (κ3) is 3.40. The van der Waals surface area contributed by atoms with Gasteiger partial charge in [0.1, 0.15) is 0 Å². The highest BCUT2D eigenvalue weighted by atomic mass is 19.2. The molecule has 1 aromatic rings. The Balaban J connectivity index is 2.78. The van der Waals surface area contributed by atoms with Crippen molar-refractivity contribution >= 4 is 11.7 Å². The molecular weight excluding hydrogens is 242 g/mol. The molecule has 18 heavy (non-hydrogen) atoms. The molecule has 0 atom stereocenters. The molecule has 0 aliphatic carbocycles. The van der Waals surface area contributed by atoms with Crippen molar-refractivity contribution in [1.82, 2.24) is 5.32 Å². The Kier molecular flexibility index (Phi) is 5.51. The molecule has 0 radical (unpaired) electrons. The van der Waals surface area contributed by atoms with Crippen molar-refractivity contribution in [2.75, 3.05) is 32.1 Å². The molecule has 0 aliphatic rings. The molecule has 0 spiro atoms. The second kappa shape index (κ2) is 6.90. The number of ether oxygens (including phenoxy) is 1. The number of esters is 1. The first-order valence-electron chi connectivity index (χ1n) is 5.62. The Morgan fingerprint density at radius 3 is 2.61 bits per heavy atom. The minimum Gasteiger partial charge on any atom is -0.465 e. The topological polar surface area (TPSA) is 50.4 Å². The first kappa shape index (κ1) is 14.4. The van der Waals surface area contributed by atoms with Crippen LogP contribution in [0.4, 0.5) is 14.5 Å². The molecule has 2 N–H and O–H groups in total. The molecule has 0 saturated heterocycles. The third-order valence-corrected chi connectivity index (χ3v) is 2.35. The molecule has 0 saturated carbocycles. The van der Waals surface area contributed by atoms with Crippen LogP contribution in [0.5, 0.6) is 0 Å². The van der Waals surface area contributed by atoms with Crippen molar-refractivity contribution in [3.05, 3.63) is 29.3 Å². The normalized spacial score (nSPS) is 10.2. The Labute approximate surface area is 104 Å². The number of likely N-dealkylation sites (N-methyl/N-ethyl adjacent to an activating group) is 1. The lowest BCUT2D eigenvalue weighted by molar-refractivity contribution is 0.0594. The first-order chi connectivity index (χ1) is 8.61. The molecule has 4 nitrogen and oxygen atoms in total. The number of methoxy groups -OCH3 is 1. The summed E-state index contributed by atoms with van der Waals surface area (Å²) in [5.74, 6) is -3.17. The van der Waals surface area contributed by atoms with E-state index >= 15 is 0 Å². The average molecular weight is 258 g/mol. The fourth-order valence-electron chi connectivity index (χ4n) is 1.42. The molecule has 0 aromatic heterocycles. The SMILES string of the molecule is CCNCCNc1ccc(C(=O)OC)c(F)c1F. The van der Waals surface area contributed by atoms with Gasteiger partial charge in [-0.1, -0.05) is 6.92 Å². The molecule has 1 aromatic carbocycles. The molecule has 0 aliphatic heterocycles. The smallest absolute Gasteiger partial charge is 0.340 e. The van der Waals surface area contributed by atoms with Crippen molar-refractivity contribution in [1.29, 1.82) is 0 Å². The molecule has 6 heteroatoms. The van der Waals surface area contributed by atoms with Crippen molar-refractivity contribution in [2.45, 2.75) is 6.92 Å². The van der Waals surface area contributed by atoms with Gasteiger partial charge in [0.15, 0.2) is 11.6 Å². The number of carbonyl (C=O) groups is 1. The number of benzene rings is 1. The lowest BCUT2D eigenvalue weighted by Crippen LogP contribution is -2.22. The van der Waals surface area contributed by atoms with Gasteiger partial charge < -0.3 is 15.4 Å². The van der Waals surface area contributed by atoms with Crippen LogP contribution >= 0.6 is 0 Å².